The number of amides is 3. The van der Waals surface area contributed by atoms with Crippen molar-refractivity contribution in [3.05, 3.63) is 36.4 Å². The number of hydrogen-bond acceptors (Lipinski definition) is 8. The van der Waals surface area contributed by atoms with Crippen molar-refractivity contribution in [2.24, 2.45) is 28.1 Å². The number of imidazole rings is 2. The first-order chi connectivity index (χ1) is 18.5. The molecule has 2 heterocycles. The Bertz CT molecular complexity index is 1100. The zero-order valence-corrected chi connectivity index (χ0v) is 21.9. The highest BCUT2D eigenvalue weighted by molar-refractivity contribution is 5.94. The number of guanidine groups is 1. The number of hydrogen-bond donors (Lipinski definition) is 9. The van der Waals surface area contributed by atoms with Crippen LogP contribution in [0.15, 0.2) is 30.0 Å². The predicted molar refractivity (Wildman–Crippen MR) is 141 cm³/mol. The quantitative estimate of drug-likeness (QED) is 0.0605. The first-order valence-corrected chi connectivity index (χ1v) is 12.4. The molecule has 12 N–H and O–H groups in total. The summed E-state index contributed by atoms with van der Waals surface area (Å²) in [6, 6.07) is -4.38. The summed E-state index contributed by atoms with van der Waals surface area (Å²) in [4.78, 5) is 68.2. The number of rotatable bonds is 16. The van der Waals surface area contributed by atoms with Gasteiger partial charge in [0.2, 0.25) is 17.7 Å². The zero-order valence-electron chi connectivity index (χ0n) is 21.9. The van der Waals surface area contributed by atoms with E-state index in [1.165, 1.54) is 25.0 Å². The number of nitrogens with zero attached hydrogens (tertiary/aromatic N) is 3. The van der Waals surface area contributed by atoms with Gasteiger partial charge in [-0.05, 0) is 18.8 Å². The molecule has 0 aliphatic carbocycles. The van der Waals surface area contributed by atoms with Crippen LogP contribution < -0.4 is 33.2 Å². The molecule has 0 fully saturated rings. The lowest BCUT2D eigenvalue weighted by atomic mass is 10.0. The molecular formula is C23H37N11O5. The second kappa shape index (κ2) is 15.1. The number of nitrogens with two attached hydrogens (primary N) is 3. The highest BCUT2D eigenvalue weighted by atomic mass is 16.4. The Morgan fingerprint density at radius 1 is 0.923 bits per heavy atom. The van der Waals surface area contributed by atoms with Crippen LogP contribution in [-0.2, 0) is 32.0 Å². The molecule has 16 heteroatoms. The molecule has 2 aromatic heterocycles. The summed E-state index contributed by atoms with van der Waals surface area (Å²) in [6.45, 7) is 3.69. The van der Waals surface area contributed by atoms with E-state index < -0.39 is 53.8 Å². The fraction of sp³-hybridized carbons (Fsp3) is 0.522. The summed E-state index contributed by atoms with van der Waals surface area (Å²) < 4.78 is 0. The highest BCUT2D eigenvalue weighted by Crippen LogP contribution is 2.08. The van der Waals surface area contributed by atoms with Crippen LogP contribution in [0, 0.1) is 5.92 Å². The molecule has 0 bridgehead atoms. The van der Waals surface area contributed by atoms with Gasteiger partial charge in [0, 0.05) is 43.2 Å². The minimum atomic E-state index is -1.26. The Morgan fingerprint density at radius 2 is 1.49 bits per heavy atom. The second-order valence-electron chi connectivity index (χ2n) is 9.31. The van der Waals surface area contributed by atoms with Crippen LogP contribution in [0.25, 0.3) is 0 Å². The Labute approximate surface area is 225 Å². The minimum absolute atomic E-state index is 0.0284. The maximum atomic E-state index is 13.3. The first kappa shape index (κ1) is 30.8. The number of carboxylic acid groups (broad SMARTS) is 1. The molecule has 39 heavy (non-hydrogen) atoms. The molecular weight excluding hydrogens is 510 g/mol. The molecule has 0 aliphatic rings. The molecule has 4 atom stereocenters. The van der Waals surface area contributed by atoms with E-state index in [0.717, 1.165) is 0 Å². The van der Waals surface area contributed by atoms with Gasteiger partial charge in [-0.15, -0.1) is 0 Å². The fourth-order valence-corrected chi connectivity index (χ4v) is 3.62. The lowest BCUT2D eigenvalue weighted by Crippen LogP contribution is -2.59. The van der Waals surface area contributed by atoms with Crippen LogP contribution in [0.1, 0.15) is 38.1 Å². The normalized spacial score (nSPS) is 14.1. The number of carbonyl (C=O) groups excluding carboxylic acids is 3. The predicted octanol–water partition coefficient (Wildman–Crippen LogP) is -2.51. The van der Waals surface area contributed by atoms with Crippen LogP contribution in [0.2, 0.25) is 0 Å². The van der Waals surface area contributed by atoms with Crippen molar-refractivity contribution >= 4 is 29.7 Å². The molecule has 3 amide bonds. The van der Waals surface area contributed by atoms with Crippen molar-refractivity contribution in [3.8, 4) is 0 Å². The average Bonchev–Trinajstić information content (AvgIpc) is 3.58. The number of carboxylic acids is 1. The van der Waals surface area contributed by atoms with Crippen molar-refractivity contribution < 1.29 is 24.3 Å². The third kappa shape index (κ3) is 10.4. The topological polar surface area (TPSA) is 272 Å². The number of nitrogens with one attached hydrogen (secondary N) is 5. The van der Waals surface area contributed by atoms with Crippen LogP contribution >= 0.6 is 0 Å². The van der Waals surface area contributed by atoms with Crippen molar-refractivity contribution in [1.82, 2.24) is 35.9 Å². The molecule has 16 nitrogen and oxygen atoms in total. The summed E-state index contributed by atoms with van der Waals surface area (Å²) in [6.07, 6.45) is 6.52. The summed E-state index contributed by atoms with van der Waals surface area (Å²) in [7, 11) is 0. The molecule has 0 spiro atoms. The lowest BCUT2D eigenvalue weighted by molar-refractivity contribution is -0.142. The van der Waals surface area contributed by atoms with Gasteiger partial charge in [-0.25, -0.2) is 14.8 Å². The van der Waals surface area contributed by atoms with E-state index in [4.69, 9.17) is 17.2 Å². The zero-order chi connectivity index (χ0) is 28.9. The summed E-state index contributed by atoms with van der Waals surface area (Å²) in [5.74, 6) is -3.63. The van der Waals surface area contributed by atoms with E-state index in [-0.39, 0.29) is 25.2 Å². The van der Waals surface area contributed by atoms with Crippen LogP contribution in [0.4, 0.5) is 0 Å². The number of H-pyrrole nitrogens is 2. The highest BCUT2D eigenvalue weighted by Gasteiger charge is 2.32. The Morgan fingerprint density at radius 3 is 1.97 bits per heavy atom. The second-order valence-corrected chi connectivity index (χ2v) is 9.31. The average molecular weight is 548 g/mol. The van der Waals surface area contributed by atoms with Gasteiger partial charge in [0.05, 0.1) is 18.7 Å². The van der Waals surface area contributed by atoms with Gasteiger partial charge in [0.15, 0.2) is 5.96 Å². The molecule has 0 aliphatic heterocycles. The van der Waals surface area contributed by atoms with Gasteiger partial charge in [-0.2, -0.15) is 0 Å². The number of carbonyl (C=O) groups is 4. The molecule has 214 valence electrons. The monoisotopic (exact) mass is 547 g/mol. The molecule has 4 unspecified atom stereocenters. The van der Waals surface area contributed by atoms with Crippen molar-refractivity contribution in [2.75, 3.05) is 6.54 Å². The van der Waals surface area contributed by atoms with E-state index in [2.05, 4.69) is 40.9 Å². The fourth-order valence-electron chi connectivity index (χ4n) is 3.62. The van der Waals surface area contributed by atoms with Crippen molar-refractivity contribution in [1.29, 1.82) is 0 Å². The molecule has 2 rings (SSSR count). The van der Waals surface area contributed by atoms with E-state index in [1.807, 2.05) is 0 Å². The molecule has 0 saturated carbocycles. The number of aliphatic carboxylic acids is 1. The molecule has 0 saturated heterocycles. The van der Waals surface area contributed by atoms with Gasteiger partial charge in [0.25, 0.3) is 0 Å². The lowest BCUT2D eigenvalue weighted by Gasteiger charge is -2.27. The molecule has 2 aromatic rings. The van der Waals surface area contributed by atoms with Gasteiger partial charge >= 0.3 is 5.97 Å². The van der Waals surface area contributed by atoms with Crippen LogP contribution in [-0.4, -0.2) is 85.4 Å². The standard InChI is InChI=1S/C23H37N11O5/c1-12(2)18(21(37)33-17(22(38)39)7-14-9-28-11-31-14)34-20(36)16(6-13-8-27-10-30-13)32-19(35)15(24)4-3-5-29-23(25)26/h8-12,15-18H,3-7,24H2,1-2H3,(H,27,30)(H,28,31)(H,32,35)(H,33,37)(H,34,36)(H,38,39)(H4,25,26,29). The summed E-state index contributed by atoms with van der Waals surface area (Å²) in [5.41, 5.74) is 17.7. The van der Waals surface area contributed by atoms with Crippen molar-refractivity contribution in [3.63, 3.8) is 0 Å². The van der Waals surface area contributed by atoms with Gasteiger partial charge in [0.1, 0.15) is 18.1 Å². The third-order valence-electron chi connectivity index (χ3n) is 5.76. The van der Waals surface area contributed by atoms with Gasteiger partial charge in [-0.3, -0.25) is 19.4 Å². The van der Waals surface area contributed by atoms with Crippen LogP contribution in [0.3, 0.4) is 0 Å². The Hall–Kier alpha value is -4.47. The molecule has 0 aromatic carbocycles. The third-order valence-corrected chi connectivity index (χ3v) is 5.76. The van der Waals surface area contributed by atoms with Crippen LogP contribution in [0.5, 0.6) is 0 Å². The maximum absolute atomic E-state index is 13.3. The smallest absolute Gasteiger partial charge is 0.326 e. The Kier molecular flexibility index (Phi) is 11.9. The first-order valence-electron chi connectivity index (χ1n) is 12.4. The van der Waals surface area contributed by atoms with E-state index in [0.29, 0.717) is 24.4 Å². The maximum Gasteiger partial charge on any atom is 0.326 e. The number of aromatic nitrogens is 4. The van der Waals surface area contributed by atoms with Gasteiger partial charge < -0.3 is 48.2 Å². The molecule has 0 radical (unpaired) electrons. The van der Waals surface area contributed by atoms with Gasteiger partial charge in [-0.1, -0.05) is 13.8 Å². The van der Waals surface area contributed by atoms with E-state index >= 15 is 0 Å². The van der Waals surface area contributed by atoms with E-state index in [1.54, 1.807) is 13.8 Å². The summed E-state index contributed by atoms with van der Waals surface area (Å²) in [5, 5.41) is 17.3. The Balaban J connectivity index is 2.10. The largest absolute Gasteiger partial charge is 0.480 e. The minimum Gasteiger partial charge on any atom is -0.480 e. The van der Waals surface area contributed by atoms with E-state index in [9.17, 15) is 24.3 Å². The SMILES string of the molecule is CC(C)C(NC(=O)C(Cc1cnc[nH]1)NC(=O)C(N)CCCN=C(N)N)C(=O)NC(Cc1cnc[nH]1)C(=O)O. The van der Waals surface area contributed by atoms with Crippen molar-refractivity contribution in [2.45, 2.75) is 63.7 Å². The number of aliphatic imine (C=N–C) groups is 1. The number of aromatic amines is 2. The summed E-state index contributed by atoms with van der Waals surface area (Å²) >= 11 is 0.